The molecule has 0 aliphatic carbocycles. The third-order valence-corrected chi connectivity index (χ3v) is 2.12. The molecule has 0 aromatic heterocycles. The van der Waals surface area contributed by atoms with E-state index in [1.54, 1.807) is 0 Å². The summed E-state index contributed by atoms with van der Waals surface area (Å²) in [7, 11) is 0. The minimum absolute atomic E-state index is 0.378. The van der Waals surface area contributed by atoms with Crippen LogP contribution in [-0.4, -0.2) is 23.5 Å². The number of aldehydes is 1. The van der Waals surface area contributed by atoms with Gasteiger partial charge >= 0.3 is 72.1 Å². The average molecular weight is 351 g/mol. The Morgan fingerprint density at radius 2 is 2.33 bits per heavy atom. The van der Waals surface area contributed by atoms with Gasteiger partial charge in [0, 0.05) is 0 Å². The Hall–Kier alpha value is 0.132. The van der Waals surface area contributed by atoms with Crippen LogP contribution in [0, 0.1) is 29.1 Å². The zero-order valence-electron chi connectivity index (χ0n) is 4.82. The topological polar surface area (TPSA) is 41.7 Å². The standard InChI is InChI=1S/C5H7NO2.U/c1-2-5(8)4(6)3-7;/h2-5,8H,1H2;/q+1;. The normalized spacial score (nSPS) is 15.4. The summed E-state index contributed by atoms with van der Waals surface area (Å²) in [6.07, 6.45) is 1.14. The quantitative estimate of drug-likeness (QED) is 0.572. The third-order valence-electron chi connectivity index (χ3n) is 0.880. The summed E-state index contributed by atoms with van der Waals surface area (Å²) in [4.78, 5) is 10.1. The molecule has 0 spiro atoms. The molecule has 0 saturated heterocycles. The van der Waals surface area contributed by atoms with Gasteiger partial charge in [0.1, 0.15) is 0 Å². The van der Waals surface area contributed by atoms with Crippen molar-refractivity contribution in [3.63, 3.8) is 0 Å². The fraction of sp³-hybridized carbons (Fsp3) is 0.400. The molecule has 0 bridgehead atoms. The molecule has 0 aliphatic rings. The van der Waals surface area contributed by atoms with Gasteiger partial charge in [0.2, 0.25) is 0 Å². The minimum atomic E-state index is -0.798. The molecule has 9 heavy (non-hydrogen) atoms. The fourth-order valence-corrected chi connectivity index (χ4v) is 1.22. The van der Waals surface area contributed by atoms with Crippen molar-refractivity contribution in [1.29, 1.82) is 0 Å². The summed E-state index contributed by atoms with van der Waals surface area (Å²) >= 11 is 0.378. The molecule has 0 amide bonds. The first-order valence-electron chi connectivity index (χ1n) is 2.38. The first-order valence-corrected chi connectivity index (χ1v) is 4.25. The van der Waals surface area contributed by atoms with Gasteiger partial charge in [0.25, 0.3) is 0 Å². The van der Waals surface area contributed by atoms with Crippen LogP contribution in [0.25, 0.3) is 2.06 Å². The van der Waals surface area contributed by atoms with Crippen molar-refractivity contribution >= 4 is 6.29 Å². The fourth-order valence-electron chi connectivity index (χ4n) is 0.327. The molecule has 0 saturated carbocycles. The molecule has 0 rings (SSSR count). The predicted octanol–water partition coefficient (Wildman–Crippen LogP) is -0.0612. The number of carbonyl (C=O) groups excluding carboxylic acids is 1. The van der Waals surface area contributed by atoms with E-state index >= 15 is 0 Å². The van der Waals surface area contributed by atoms with E-state index in [4.69, 9.17) is 5.11 Å². The van der Waals surface area contributed by atoms with Crippen LogP contribution in [0.5, 0.6) is 0 Å². The predicted molar refractivity (Wildman–Crippen MR) is 29.4 cm³/mol. The summed E-state index contributed by atoms with van der Waals surface area (Å²) in [5.74, 6) is 0. The molecule has 0 heterocycles. The zero-order valence-corrected chi connectivity index (χ0v) is 8.98. The summed E-state index contributed by atoms with van der Waals surface area (Å²) in [5.41, 5.74) is 0. The zero-order chi connectivity index (χ0) is 7.28. The van der Waals surface area contributed by atoms with E-state index < -0.39 is 12.1 Å². The van der Waals surface area contributed by atoms with Crippen LogP contribution < -0.4 is 0 Å². The van der Waals surface area contributed by atoms with Crippen molar-refractivity contribution in [3.8, 4) is 0 Å². The van der Waals surface area contributed by atoms with Crippen LogP contribution in [0.15, 0.2) is 12.7 Å². The molecule has 0 fully saturated rings. The van der Waals surface area contributed by atoms with Crippen LogP contribution in [-0.2, 0) is 4.79 Å². The van der Waals surface area contributed by atoms with Gasteiger partial charge in [-0.25, -0.2) is 0 Å². The SMILES string of the molecule is C=CC(O)C(C=O)[N+]#[U]. The number of aliphatic hydroxyl groups excluding tert-OH is 1. The second-order valence-corrected chi connectivity index (χ2v) is 2.56. The van der Waals surface area contributed by atoms with Crippen molar-refractivity contribution in [1.82, 2.24) is 0 Å². The molecular weight excluding hydrogens is 344 g/mol. The van der Waals surface area contributed by atoms with Gasteiger partial charge in [0.05, 0.1) is 0 Å². The molecule has 1 N–H and O–H groups in total. The number of aliphatic hydroxyl groups is 1. The molecule has 4 heteroatoms. The Morgan fingerprint density at radius 3 is 2.44 bits per heavy atom. The molecule has 0 radical (unpaired) electrons. The van der Waals surface area contributed by atoms with Crippen molar-refractivity contribution in [2.45, 2.75) is 12.1 Å². The summed E-state index contributed by atoms with van der Waals surface area (Å²) in [6, 6.07) is -0.576. The van der Waals surface area contributed by atoms with Crippen LogP contribution in [0.1, 0.15) is 0 Å². The second kappa shape index (κ2) is 4.96. The van der Waals surface area contributed by atoms with Crippen LogP contribution in [0.4, 0.5) is 0 Å². The maximum absolute atomic E-state index is 10.1. The van der Waals surface area contributed by atoms with Gasteiger partial charge in [-0.1, -0.05) is 0 Å². The van der Waals surface area contributed by atoms with Crippen LogP contribution >= 0.6 is 0 Å². The molecular formula is C5H7NO2U+. The van der Waals surface area contributed by atoms with Crippen molar-refractivity contribution < 1.29 is 39.0 Å². The summed E-state index contributed by atoms with van der Waals surface area (Å²) in [5, 5.41) is 8.90. The van der Waals surface area contributed by atoms with Gasteiger partial charge in [-0.2, -0.15) is 0 Å². The van der Waals surface area contributed by atoms with Gasteiger partial charge in [-0.15, -0.1) is 0 Å². The molecule has 3 nitrogen and oxygen atoms in total. The first kappa shape index (κ1) is 9.13. The van der Waals surface area contributed by atoms with Crippen molar-refractivity contribution in [2.24, 2.45) is 0 Å². The van der Waals surface area contributed by atoms with Gasteiger partial charge in [0.15, 0.2) is 0 Å². The van der Waals surface area contributed by atoms with E-state index in [-0.39, 0.29) is 0 Å². The molecule has 2 unspecified atom stereocenters. The number of nitrogens with zero attached hydrogens (tertiary/aromatic N) is 1. The molecule has 47 valence electrons. The number of hydrogen-bond donors (Lipinski definition) is 1. The number of rotatable bonds is 3. The van der Waals surface area contributed by atoms with Gasteiger partial charge in [-0.05, 0) is 0 Å². The van der Waals surface area contributed by atoms with E-state index in [1.807, 2.05) is 0 Å². The molecule has 0 aromatic rings. The number of carbonyl (C=O) groups is 1. The monoisotopic (exact) mass is 351 g/mol. The Balaban J connectivity index is 3.97. The Labute approximate surface area is 72.0 Å². The van der Waals surface area contributed by atoms with E-state index in [1.165, 1.54) is 6.08 Å². The Bertz CT molecular complexity index is 152. The van der Waals surface area contributed by atoms with E-state index in [0.29, 0.717) is 35.4 Å². The average Bonchev–Trinajstić information content (AvgIpc) is 1.90. The first-order chi connectivity index (χ1) is 4.26. The molecule has 2 atom stereocenters. The Kier molecular flexibility index (Phi) is 5.03. The maximum atomic E-state index is 10.1. The summed E-state index contributed by atoms with van der Waals surface area (Å²) < 4.78 is 3.76. The van der Waals surface area contributed by atoms with Gasteiger partial charge < -0.3 is 0 Å². The molecule has 0 aromatic carbocycles. The van der Waals surface area contributed by atoms with Crippen LogP contribution in [0.2, 0.25) is 0 Å². The van der Waals surface area contributed by atoms with E-state index in [2.05, 4.69) is 8.64 Å². The van der Waals surface area contributed by atoms with Crippen molar-refractivity contribution in [2.75, 3.05) is 0 Å². The summed E-state index contributed by atoms with van der Waals surface area (Å²) in [6.45, 7) is 3.33. The second-order valence-electron chi connectivity index (χ2n) is 1.48. The molecule has 0 aliphatic heterocycles. The third kappa shape index (κ3) is 2.98. The van der Waals surface area contributed by atoms with Gasteiger partial charge in [-0.3, -0.25) is 0 Å². The van der Waals surface area contributed by atoms with Crippen molar-refractivity contribution in [3.05, 3.63) is 14.7 Å². The number of hydrogen-bond acceptors (Lipinski definition) is 2. The Morgan fingerprint density at radius 1 is 1.78 bits per heavy atom. The van der Waals surface area contributed by atoms with E-state index in [0.717, 1.165) is 0 Å². The van der Waals surface area contributed by atoms with E-state index in [9.17, 15) is 4.79 Å². The van der Waals surface area contributed by atoms with Crippen LogP contribution in [0.3, 0.4) is 0 Å².